The molecule has 4 atom stereocenters. The summed E-state index contributed by atoms with van der Waals surface area (Å²) in [4.78, 5) is 24.9. The molecule has 0 unspecified atom stereocenters. The lowest BCUT2D eigenvalue weighted by atomic mass is 9.78. The van der Waals surface area contributed by atoms with E-state index in [1.165, 1.54) is 13.5 Å². The van der Waals surface area contributed by atoms with Crippen LogP contribution >= 0.6 is 0 Å². The minimum absolute atomic E-state index is 0.132. The predicted molar refractivity (Wildman–Crippen MR) is 103 cm³/mol. The third-order valence-electron chi connectivity index (χ3n) is 5.39. The molecule has 1 fully saturated rings. The van der Waals surface area contributed by atoms with Crippen molar-refractivity contribution in [3.05, 3.63) is 23.8 Å². The molecule has 1 aromatic rings. The van der Waals surface area contributed by atoms with E-state index < -0.39 is 12.1 Å². The van der Waals surface area contributed by atoms with Gasteiger partial charge in [0.25, 0.3) is 5.91 Å². The first-order valence-corrected chi connectivity index (χ1v) is 9.69. The number of rotatable bonds is 7. The lowest BCUT2D eigenvalue weighted by Crippen LogP contribution is -2.47. The van der Waals surface area contributed by atoms with Gasteiger partial charge in [-0.05, 0) is 50.3 Å². The van der Waals surface area contributed by atoms with Crippen LogP contribution in [0, 0.1) is 11.8 Å². The van der Waals surface area contributed by atoms with Gasteiger partial charge in [-0.2, -0.15) is 0 Å². The lowest BCUT2D eigenvalue weighted by Gasteiger charge is -2.35. The van der Waals surface area contributed by atoms with Gasteiger partial charge in [-0.15, -0.1) is 0 Å². The van der Waals surface area contributed by atoms with Gasteiger partial charge < -0.3 is 19.5 Å². The number of esters is 1. The summed E-state index contributed by atoms with van der Waals surface area (Å²) in [5.74, 6) is 1.19. The highest BCUT2D eigenvalue weighted by molar-refractivity contribution is 5.92. The number of methoxy groups -OCH3 is 1. The second-order valence-electron chi connectivity index (χ2n) is 7.23. The monoisotopic (exact) mass is 377 g/mol. The number of nitrogens with one attached hydrogen (secondary N) is 1. The van der Waals surface area contributed by atoms with E-state index >= 15 is 0 Å². The third-order valence-corrected chi connectivity index (χ3v) is 5.39. The van der Waals surface area contributed by atoms with Crippen molar-refractivity contribution in [3.63, 3.8) is 0 Å². The quantitative estimate of drug-likeness (QED) is 0.735. The molecule has 0 spiro atoms. The first-order valence-electron chi connectivity index (χ1n) is 9.69. The largest absolute Gasteiger partial charge is 0.493 e. The fourth-order valence-electron chi connectivity index (χ4n) is 3.44. The Bertz CT molecular complexity index is 660. The van der Waals surface area contributed by atoms with E-state index in [-0.39, 0.29) is 11.9 Å². The zero-order valence-electron chi connectivity index (χ0n) is 16.9. The number of carbonyl (C=O) groups is 2. The molecule has 6 nitrogen and oxygen atoms in total. The number of benzene rings is 1. The molecule has 27 heavy (non-hydrogen) atoms. The summed E-state index contributed by atoms with van der Waals surface area (Å²) in [6.45, 7) is 8.27. The smallest absolute Gasteiger partial charge is 0.339 e. The Hall–Kier alpha value is -2.24. The van der Waals surface area contributed by atoms with Crippen LogP contribution in [-0.2, 0) is 9.53 Å². The van der Waals surface area contributed by atoms with Crippen molar-refractivity contribution in [2.24, 2.45) is 11.8 Å². The van der Waals surface area contributed by atoms with Gasteiger partial charge in [0.1, 0.15) is 0 Å². The van der Waals surface area contributed by atoms with Gasteiger partial charge in [-0.3, -0.25) is 4.79 Å². The molecule has 2 rings (SSSR count). The summed E-state index contributed by atoms with van der Waals surface area (Å²) < 4.78 is 16.1. The van der Waals surface area contributed by atoms with Crippen molar-refractivity contribution in [2.45, 2.75) is 59.1 Å². The summed E-state index contributed by atoms with van der Waals surface area (Å²) in [6.07, 6.45) is 2.40. The Morgan fingerprint density at radius 1 is 1.22 bits per heavy atom. The van der Waals surface area contributed by atoms with Gasteiger partial charge >= 0.3 is 5.97 Å². The lowest BCUT2D eigenvalue weighted by molar-refractivity contribution is -0.130. The van der Waals surface area contributed by atoms with Crippen LogP contribution in [0.2, 0.25) is 0 Å². The highest BCUT2D eigenvalue weighted by atomic mass is 16.5. The Morgan fingerprint density at radius 3 is 2.63 bits per heavy atom. The number of ether oxygens (including phenoxy) is 3. The predicted octanol–water partition coefficient (Wildman–Crippen LogP) is 3.58. The molecule has 1 saturated carbocycles. The highest BCUT2D eigenvalue weighted by Crippen LogP contribution is 2.30. The van der Waals surface area contributed by atoms with Gasteiger partial charge in [0, 0.05) is 6.04 Å². The zero-order chi connectivity index (χ0) is 20.0. The average molecular weight is 377 g/mol. The minimum atomic E-state index is -0.862. The van der Waals surface area contributed by atoms with Crippen molar-refractivity contribution in [1.82, 2.24) is 5.32 Å². The van der Waals surface area contributed by atoms with E-state index in [0.29, 0.717) is 35.5 Å². The molecule has 1 aliphatic carbocycles. The SMILES string of the molecule is CCOc1cc(C(=O)O[C@@H](C)C(=O)N[C@@H]2CCC[C@H](C)[C@@H]2C)ccc1OC. The van der Waals surface area contributed by atoms with E-state index in [1.807, 2.05) is 6.92 Å². The van der Waals surface area contributed by atoms with Crippen LogP contribution in [0.4, 0.5) is 0 Å². The zero-order valence-corrected chi connectivity index (χ0v) is 16.9. The van der Waals surface area contributed by atoms with Gasteiger partial charge in [0.05, 0.1) is 19.3 Å². The van der Waals surface area contributed by atoms with E-state index in [1.54, 1.807) is 25.1 Å². The summed E-state index contributed by atoms with van der Waals surface area (Å²) in [5.41, 5.74) is 0.318. The summed E-state index contributed by atoms with van der Waals surface area (Å²) in [6, 6.07) is 4.95. The van der Waals surface area contributed by atoms with Crippen LogP contribution in [0.1, 0.15) is 57.3 Å². The van der Waals surface area contributed by atoms with Gasteiger partial charge in [-0.1, -0.05) is 26.7 Å². The number of carbonyl (C=O) groups excluding carboxylic acids is 2. The second-order valence-corrected chi connectivity index (χ2v) is 7.23. The third kappa shape index (κ3) is 5.37. The molecule has 150 valence electrons. The van der Waals surface area contributed by atoms with E-state index in [0.717, 1.165) is 12.8 Å². The van der Waals surface area contributed by atoms with Crippen LogP contribution < -0.4 is 14.8 Å². The van der Waals surface area contributed by atoms with Crippen molar-refractivity contribution in [3.8, 4) is 11.5 Å². The molecule has 1 N–H and O–H groups in total. The summed E-state index contributed by atoms with van der Waals surface area (Å²) in [7, 11) is 1.54. The molecule has 0 bridgehead atoms. The number of amides is 1. The summed E-state index contributed by atoms with van der Waals surface area (Å²) in [5, 5.41) is 3.04. The van der Waals surface area contributed by atoms with Crippen LogP contribution in [0.15, 0.2) is 18.2 Å². The molecule has 0 heterocycles. The molecular formula is C21H31NO5. The maximum atomic E-state index is 12.5. The van der Waals surface area contributed by atoms with E-state index in [9.17, 15) is 9.59 Å². The molecule has 0 saturated heterocycles. The number of hydrogen-bond acceptors (Lipinski definition) is 5. The van der Waals surface area contributed by atoms with Crippen LogP contribution in [0.3, 0.4) is 0 Å². The van der Waals surface area contributed by atoms with Gasteiger partial charge in [-0.25, -0.2) is 4.79 Å². The van der Waals surface area contributed by atoms with E-state index in [2.05, 4.69) is 19.2 Å². The molecule has 1 amide bonds. The molecule has 0 aromatic heterocycles. The fraction of sp³-hybridized carbons (Fsp3) is 0.619. The molecule has 6 heteroatoms. The van der Waals surface area contributed by atoms with Gasteiger partial charge in [0.2, 0.25) is 0 Å². The second kappa shape index (κ2) is 9.62. The van der Waals surface area contributed by atoms with Gasteiger partial charge in [0.15, 0.2) is 17.6 Å². The van der Waals surface area contributed by atoms with E-state index in [4.69, 9.17) is 14.2 Å². The normalized spacial score (nSPS) is 23.2. The molecule has 0 aliphatic heterocycles. The molecule has 1 aliphatic rings. The van der Waals surface area contributed by atoms with Crippen LogP contribution in [0.25, 0.3) is 0 Å². The highest BCUT2D eigenvalue weighted by Gasteiger charge is 2.30. The number of hydrogen-bond donors (Lipinski definition) is 1. The van der Waals surface area contributed by atoms with Crippen molar-refractivity contribution in [1.29, 1.82) is 0 Å². The minimum Gasteiger partial charge on any atom is -0.493 e. The van der Waals surface area contributed by atoms with Crippen molar-refractivity contribution < 1.29 is 23.8 Å². The van der Waals surface area contributed by atoms with Crippen LogP contribution in [-0.4, -0.2) is 37.7 Å². The average Bonchev–Trinajstić information content (AvgIpc) is 2.65. The fourth-order valence-corrected chi connectivity index (χ4v) is 3.44. The first kappa shape index (κ1) is 21.1. The van der Waals surface area contributed by atoms with Crippen LogP contribution in [0.5, 0.6) is 11.5 Å². The Balaban J connectivity index is 1.98. The summed E-state index contributed by atoms with van der Waals surface area (Å²) >= 11 is 0. The Morgan fingerprint density at radius 2 is 1.96 bits per heavy atom. The molecular weight excluding hydrogens is 346 g/mol. The first-order chi connectivity index (χ1) is 12.9. The maximum absolute atomic E-state index is 12.5. The Kier molecular flexibility index (Phi) is 7.51. The molecule has 1 aromatic carbocycles. The Labute approximate surface area is 161 Å². The van der Waals surface area contributed by atoms with Crippen molar-refractivity contribution >= 4 is 11.9 Å². The topological polar surface area (TPSA) is 73.9 Å². The maximum Gasteiger partial charge on any atom is 0.339 e. The van der Waals surface area contributed by atoms with Crippen molar-refractivity contribution in [2.75, 3.05) is 13.7 Å². The standard InChI is InChI=1S/C21H31NO5/c1-6-26-19-12-16(10-11-18(19)25-5)21(24)27-15(4)20(23)22-17-9-7-8-13(2)14(17)3/h10-15,17H,6-9H2,1-5H3,(H,22,23)/t13-,14-,15-,17+/m0/s1. The molecule has 0 radical (unpaired) electrons.